The normalized spacial score (nSPS) is 11.9. The second-order valence-corrected chi connectivity index (χ2v) is 6.01. The Bertz CT molecular complexity index is 635. The van der Waals surface area contributed by atoms with Crippen LogP contribution in [0, 0.1) is 0 Å². The topological polar surface area (TPSA) is 81.8 Å². The summed E-state index contributed by atoms with van der Waals surface area (Å²) >= 11 is 5.85. The molecular formula is C10H14ClN5O2S. The van der Waals surface area contributed by atoms with Crippen molar-refractivity contribution in [3.8, 4) is 0 Å². The zero-order chi connectivity index (χ0) is 13.9. The number of hydrogen-bond acceptors (Lipinski definition) is 4. The molecule has 104 valence electrons. The van der Waals surface area contributed by atoms with Crippen LogP contribution in [0.5, 0.6) is 0 Å². The van der Waals surface area contributed by atoms with Crippen molar-refractivity contribution < 1.29 is 8.42 Å². The summed E-state index contributed by atoms with van der Waals surface area (Å²) in [5.74, 6) is 0. The lowest BCUT2D eigenvalue weighted by Gasteiger charge is -2.05. The lowest BCUT2D eigenvalue weighted by Crippen LogP contribution is -2.26. The summed E-state index contributed by atoms with van der Waals surface area (Å²) in [7, 11) is -2.02. The van der Waals surface area contributed by atoms with Gasteiger partial charge in [-0.05, 0) is 12.5 Å². The van der Waals surface area contributed by atoms with Gasteiger partial charge in [0.05, 0.1) is 6.33 Å². The van der Waals surface area contributed by atoms with E-state index < -0.39 is 10.0 Å². The van der Waals surface area contributed by atoms with E-state index in [2.05, 4.69) is 14.8 Å². The van der Waals surface area contributed by atoms with E-state index in [0.717, 1.165) is 0 Å². The number of imidazole rings is 1. The number of halogens is 1. The molecule has 1 N–H and O–H groups in total. The second-order valence-electron chi connectivity index (χ2n) is 3.97. The molecule has 0 bridgehead atoms. The smallest absolute Gasteiger partial charge is 0.261 e. The summed E-state index contributed by atoms with van der Waals surface area (Å²) in [4.78, 5) is 3.78. The minimum atomic E-state index is -3.65. The molecule has 0 saturated heterocycles. The first-order valence-corrected chi connectivity index (χ1v) is 7.51. The molecule has 0 aromatic carbocycles. The van der Waals surface area contributed by atoms with Crippen LogP contribution < -0.4 is 4.72 Å². The molecule has 2 heterocycles. The predicted molar refractivity (Wildman–Crippen MR) is 70.3 cm³/mol. The van der Waals surface area contributed by atoms with Gasteiger partial charge in [-0.25, -0.2) is 18.1 Å². The molecule has 2 aromatic rings. The lowest BCUT2D eigenvalue weighted by atomic mass is 10.4. The molecule has 0 aliphatic carbocycles. The van der Waals surface area contributed by atoms with Gasteiger partial charge in [0.15, 0.2) is 0 Å². The molecular weight excluding hydrogens is 290 g/mol. The maximum absolute atomic E-state index is 11.9. The maximum Gasteiger partial charge on any atom is 0.261 e. The molecule has 0 saturated carbocycles. The van der Waals surface area contributed by atoms with E-state index in [1.165, 1.54) is 10.9 Å². The third-order valence-corrected chi connectivity index (χ3v) is 4.45. The molecule has 0 fully saturated rings. The molecule has 0 spiro atoms. The van der Waals surface area contributed by atoms with Gasteiger partial charge in [0.1, 0.15) is 5.15 Å². The average molecular weight is 304 g/mol. The van der Waals surface area contributed by atoms with E-state index in [1.54, 1.807) is 17.9 Å². The molecule has 19 heavy (non-hydrogen) atoms. The lowest BCUT2D eigenvalue weighted by molar-refractivity contribution is 0.551. The van der Waals surface area contributed by atoms with Crippen molar-refractivity contribution in [1.82, 2.24) is 24.1 Å². The quantitative estimate of drug-likeness (QED) is 0.794. The van der Waals surface area contributed by atoms with Crippen LogP contribution in [0.15, 0.2) is 29.8 Å². The van der Waals surface area contributed by atoms with Crippen LogP contribution in [0.3, 0.4) is 0 Å². The van der Waals surface area contributed by atoms with Crippen LogP contribution in [0.2, 0.25) is 5.15 Å². The Morgan fingerprint density at radius 1 is 1.47 bits per heavy atom. The van der Waals surface area contributed by atoms with Crippen molar-refractivity contribution in [1.29, 1.82) is 0 Å². The number of rotatable bonds is 6. The molecule has 0 aliphatic heterocycles. The molecule has 7 nitrogen and oxygen atoms in total. The second kappa shape index (κ2) is 5.72. The van der Waals surface area contributed by atoms with Gasteiger partial charge < -0.3 is 4.57 Å². The third-order valence-electron chi connectivity index (χ3n) is 2.50. The van der Waals surface area contributed by atoms with Gasteiger partial charge in [-0.1, -0.05) is 11.6 Å². The predicted octanol–water partition coefficient (Wildman–Crippen LogP) is 0.639. The summed E-state index contributed by atoms with van der Waals surface area (Å²) < 4.78 is 29.5. The van der Waals surface area contributed by atoms with Crippen molar-refractivity contribution in [2.24, 2.45) is 7.05 Å². The highest BCUT2D eigenvalue weighted by atomic mass is 35.5. The highest BCUT2D eigenvalue weighted by molar-refractivity contribution is 7.89. The van der Waals surface area contributed by atoms with Crippen LogP contribution in [0.4, 0.5) is 0 Å². The summed E-state index contributed by atoms with van der Waals surface area (Å²) in [5.41, 5.74) is 0. The molecule has 9 heteroatoms. The molecule has 0 amide bonds. The Labute approximate surface area is 116 Å². The highest BCUT2D eigenvalue weighted by Gasteiger charge is 2.21. The maximum atomic E-state index is 11.9. The van der Waals surface area contributed by atoms with Gasteiger partial charge in [0.25, 0.3) is 10.0 Å². The monoisotopic (exact) mass is 303 g/mol. The Morgan fingerprint density at radius 3 is 2.84 bits per heavy atom. The Balaban J connectivity index is 1.90. The molecule has 0 atom stereocenters. The SMILES string of the molecule is Cn1cnc(S(=O)(=O)NCCCn2cccn2)c1Cl. The van der Waals surface area contributed by atoms with E-state index >= 15 is 0 Å². The van der Waals surface area contributed by atoms with Crippen molar-refractivity contribution in [2.45, 2.75) is 18.0 Å². The van der Waals surface area contributed by atoms with Crippen molar-refractivity contribution in [3.63, 3.8) is 0 Å². The fourth-order valence-electron chi connectivity index (χ4n) is 1.52. The highest BCUT2D eigenvalue weighted by Crippen LogP contribution is 2.17. The van der Waals surface area contributed by atoms with E-state index in [1.807, 2.05) is 12.3 Å². The number of aromatic nitrogens is 4. The van der Waals surface area contributed by atoms with Crippen LogP contribution in [-0.2, 0) is 23.6 Å². The zero-order valence-corrected chi connectivity index (χ0v) is 11.9. The van der Waals surface area contributed by atoms with Crippen LogP contribution in [0.1, 0.15) is 6.42 Å². The molecule has 2 rings (SSSR count). The summed E-state index contributed by atoms with van der Waals surface area (Å²) in [6.07, 6.45) is 5.49. The average Bonchev–Trinajstić information content (AvgIpc) is 2.97. The summed E-state index contributed by atoms with van der Waals surface area (Å²) in [5, 5.41) is 3.98. The first-order chi connectivity index (χ1) is 9.00. The molecule has 2 aromatic heterocycles. The number of sulfonamides is 1. The summed E-state index contributed by atoms with van der Waals surface area (Å²) in [6.45, 7) is 0.945. The van der Waals surface area contributed by atoms with Crippen molar-refractivity contribution in [3.05, 3.63) is 29.9 Å². The Hall–Kier alpha value is -1.38. The summed E-state index contributed by atoms with van der Waals surface area (Å²) in [6, 6.07) is 1.82. The fourth-order valence-corrected chi connectivity index (χ4v) is 3.02. The van der Waals surface area contributed by atoms with Gasteiger partial charge in [0, 0.05) is 32.5 Å². The number of nitrogens with zero attached hydrogens (tertiary/aromatic N) is 4. The number of aryl methyl sites for hydroxylation is 2. The molecule has 0 unspecified atom stereocenters. The zero-order valence-electron chi connectivity index (χ0n) is 10.3. The van der Waals surface area contributed by atoms with E-state index in [4.69, 9.17) is 11.6 Å². The first-order valence-electron chi connectivity index (χ1n) is 5.64. The largest absolute Gasteiger partial charge is 0.324 e. The van der Waals surface area contributed by atoms with Crippen LogP contribution in [0.25, 0.3) is 0 Å². The minimum Gasteiger partial charge on any atom is -0.324 e. The van der Waals surface area contributed by atoms with Gasteiger partial charge >= 0.3 is 0 Å². The van der Waals surface area contributed by atoms with Gasteiger partial charge in [-0.15, -0.1) is 0 Å². The Kier molecular flexibility index (Phi) is 4.23. The first kappa shape index (κ1) is 14.0. The van der Waals surface area contributed by atoms with Crippen LogP contribution >= 0.6 is 11.6 Å². The van der Waals surface area contributed by atoms with Gasteiger partial charge in [-0.2, -0.15) is 5.10 Å². The fraction of sp³-hybridized carbons (Fsp3) is 0.400. The molecule has 0 aliphatic rings. The minimum absolute atomic E-state index is 0.0968. The Morgan fingerprint density at radius 2 is 2.26 bits per heavy atom. The standard InChI is InChI=1S/C10H14ClN5O2S/c1-15-8-12-10(9(15)11)19(17,18)14-5-3-7-16-6-2-4-13-16/h2,4,6,8,14H,3,5,7H2,1H3. The van der Waals surface area contributed by atoms with E-state index in [0.29, 0.717) is 19.5 Å². The van der Waals surface area contributed by atoms with Crippen molar-refractivity contribution in [2.75, 3.05) is 6.54 Å². The van der Waals surface area contributed by atoms with E-state index in [9.17, 15) is 8.42 Å². The number of nitrogens with one attached hydrogen (secondary N) is 1. The van der Waals surface area contributed by atoms with Crippen molar-refractivity contribution >= 4 is 21.6 Å². The van der Waals surface area contributed by atoms with Gasteiger partial charge in [-0.3, -0.25) is 4.68 Å². The molecule has 0 radical (unpaired) electrons. The number of hydrogen-bond donors (Lipinski definition) is 1. The van der Waals surface area contributed by atoms with Crippen LogP contribution in [-0.4, -0.2) is 34.3 Å². The third kappa shape index (κ3) is 3.34. The van der Waals surface area contributed by atoms with E-state index in [-0.39, 0.29) is 10.2 Å². The van der Waals surface area contributed by atoms with Gasteiger partial charge in [0.2, 0.25) is 5.03 Å².